The molecule has 0 saturated heterocycles. The van der Waals surface area contributed by atoms with Crippen LogP contribution in [0, 0.1) is 0 Å². The van der Waals surface area contributed by atoms with Crippen LogP contribution in [0.1, 0.15) is 16.7 Å². The molecule has 2 N–H and O–H groups in total. The molecule has 0 aliphatic heterocycles. The summed E-state index contributed by atoms with van der Waals surface area (Å²) < 4.78 is 6.32. The quantitative estimate of drug-likeness (QED) is 0.172. The Morgan fingerprint density at radius 3 is 1.94 bits per heavy atom. The molecule has 2 heteroatoms. The minimum Gasteiger partial charge on any atom is -0.457 e. The van der Waals surface area contributed by atoms with E-state index in [0.717, 1.165) is 44.0 Å². The Kier molecular flexibility index (Phi) is 9.06. The largest absolute Gasteiger partial charge is 0.457 e. The Bertz CT molecular complexity index is 2430. The van der Waals surface area contributed by atoms with Crippen molar-refractivity contribution in [3.63, 3.8) is 0 Å². The number of fused-ring (bicyclic) bond motifs is 2. The van der Waals surface area contributed by atoms with Crippen LogP contribution in [-0.2, 0) is 0 Å². The zero-order valence-corrected chi connectivity index (χ0v) is 26.5. The van der Waals surface area contributed by atoms with Crippen molar-refractivity contribution in [2.75, 3.05) is 0 Å². The standard InChI is InChI=1S/C46H35NO/c47-32-31-36-17-5-4-15-34(36)13-2-1-3-14-35-16-6-7-19-39(35)33-40-27-30-43(45-23-11-10-21-42(40)45)38-25-28-41(29-26-38)48-46-24-12-20-37-18-8-9-22-44(37)46/h1-33H,47H2/b3-1+,13-2-,32-31+,35-14-,39-33-. The maximum atomic E-state index is 6.32. The highest BCUT2D eigenvalue weighted by Crippen LogP contribution is 2.34. The van der Waals surface area contributed by atoms with Gasteiger partial charge in [-0.05, 0) is 91.0 Å². The van der Waals surface area contributed by atoms with Gasteiger partial charge in [0, 0.05) is 5.39 Å². The first-order chi connectivity index (χ1) is 23.8. The maximum absolute atomic E-state index is 6.32. The van der Waals surface area contributed by atoms with Crippen molar-refractivity contribution in [3.8, 4) is 22.6 Å². The highest BCUT2D eigenvalue weighted by Gasteiger charge is 2.08. The van der Waals surface area contributed by atoms with Crippen LogP contribution in [0.4, 0.5) is 0 Å². The van der Waals surface area contributed by atoms with Gasteiger partial charge in [0.05, 0.1) is 0 Å². The number of hydrogen-bond acceptors (Lipinski definition) is 2. The average Bonchev–Trinajstić information content (AvgIpc) is 3.14. The molecule has 0 spiro atoms. The lowest BCUT2D eigenvalue weighted by molar-refractivity contribution is 0.488. The first-order valence-corrected chi connectivity index (χ1v) is 16.1. The minimum absolute atomic E-state index is 0.815. The summed E-state index contributed by atoms with van der Waals surface area (Å²) in [5, 5.41) is 7.01. The molecule has 0 saturated carbocycles. The van der Waals surface area contributed by atoms with Crippen LogP contribution < -0.4 is 20.9 Å². The number of ether oxygens (including phenoxy) is 1. The van der Waals surface area contributed by atoms with Gasteiger partial charge in [0.1, 0.15) is 11.5 Å². The summed E-state index contributed by atoms with van der Waals surface area (Å²) in [6.45, 7) is 0. The first kappa shape index (κ1) is 30.3. The number of allylic oxidation sites excluding steroid dienone is 3. The molecule has 0 radical (unpaired) electrons. The van der Waals surface area contributed by atoms with Crippen molar-refractivity contribution in [3.05, 3.63) is 203 Å². The molecular weight excluding hydrogens is 583 g/mol. The van der Waals surface area contributed by atoms with Gasteiger partial charge >= 0.3 is 0 Å². The molecule has 0 amide bonds. The fourth-order valence-corrected chi connectivity index (χ4v) is 6.08. The highest BCUT2D eigenvalue weighted by atomic mass is 16.5. The molecule has 0 aliphatic carbocycles. The molecule has 0 atom stereocenters. The second kappa shape index (κ2) is 14.4. The third-order valence-corrected chi connectivity index (χ3v) is 8.45. The van der Waals surface area contributed by atoms with Crippen molar-refractivity contribution >= 4 is 45.8 Å². The van der Waals surface area contributed by atoms with E-state index in [1.165, 1.54) is 27.3 Å². The molecule has 0 aliphatic rings. The van der Waals surface area contributed by atoms with Crippen molar-refractivity contribution in [1.82, 2.24) is 0 Å². The van der Waals surface area contributed by atoms with Crippen LogP contribution in [0.3, 0.4) is 0 Å². The van der Waals surface area contributed by atoms with Gasteiger partial charge in [-0.2, -0.15) is 0 Å². The first-order valence-electron chi connectivity index (χ1n) is 16.1. The Morgan fingerprint density at radius 2 is 1.12 bits per heavy atom. The second-order valence-corrected chi connectivity index (χ2v) is 11.5. The summed E-state index contributed by atoms with van der Waals surface area (Å²) >= 11 is 0. The lowest BCUT2D eigenvalue weighted by Gasteiger charge is -2.12. The lowest BCUT2D eigenvalue weighted by atomic mass is 9.94. The van der Waals surface area contributed by atoms with E-state index in [2.05, 4.69) is 152 Å². The van der Waals surface area contributed by atoms with Crippen LogP contribution in [0.5, 0.6) is 11.5 Å². The fourth-order valence-electron chi connectivity index (χ4n) is 6.08. The summed E-state index contributed by atoms with van der Waals surface area (Å²) in [6, 6.07) is 52.6. The van der Waals surface area contributed by atoms with Crippen molar-refractivity contribution < 1.29 is 4.74 Å². The van der Waals surface area contributed by atoms with Crippen molar-refractivity contribution in [2.24, 2.45) is 5.73 Å². The predicted molar refractivity (Wildman–Crippen MR) is 205 cm³/mol. The summed E-state index contributed by atoms with van der Waals surface area (Å²) in [5.74, 6) is 1.67. The van der Waals surface area contributed by atoms with Gasteiger partial charge in [0.25, 0.3) is 0 Å². The van der Waals surface area contributed by atoms with Gasteiger partial charge in [0.15, 0.2) is 0 Å². The van der Waals surface area contributed by atoms with E-state index >= 15 is 0 Å². The third-order valence-electron chi connectivity index (χ3n) is 8.45. The van der Waals surface area contributed by atoms with E-state index in [0.29, 0.717) is 0 Å². The maximum Gasteiger partial charge on any atom is 0.135 e. The Balaban J connectivity index is 1.17. The molecule has 48 heavy (non-hydrogen) atoms. The van der Waals surface area contributed by atoms with Crippen LogP contribution in [-0.4, -0.2) is 0 Å². The number of nitrogens with two attached hydrogens (primary N) is 1. The number of benzene rings is 7. The summed E-state index contributed by atoms with van der Waals surface area (Å²) in [5.41, 5.74) is 11.4. The van der Waals surface area contributed by atoms with Crippen LogP contribution in [0.25, 0.3) is 57.0 Å². The van der Waals surface area contributed by atoms with E-state index < -0.39 is 0 Å². The predicted octanol–water partition coefficient (Wildman–Crippen LogP) is 10.3. The second-order valence-electron chi connectivity index (χ2n) is 11.5. The molecule has 0 fully saturated rings. The Labute approximate surface area is 281 Å². The smallest absolute Gasteiger partial charge is 0.135 e. The topological polar surface area (TPSA) is 35.2 Å². The molecule has 7 aromatic carbocycles. The van der Waals surface area contributed by atoms with Gasteiger partial charge in [-0.25, -0.2) is 0 Å². The summed E-state index contributed by atoms with van der Waals surface area (Å²) in [7, 11) is 0. The van der Waals surface area contributed by atoms with E-state index in [4.69, 9.17) is 10.5 Å². The van der Waals surface area contributed by atoms with Gasteiger partial charge in [-0.1, -0.05) is 164 Å². The summed E-state index contributed by atoms with van der Waals surface area (Å²) in [6.07, 6.45) is 16.2. The molecule has 7 aromatic rings. The van der Waals surface area contributed by atoms with E-state index in [9.17, 15) is 0 Å². The SMILES string of the molecule is N/C=C/c1ccccc1\C=C/C=C/C=c1/cccc/c1=C/c1ccc(-c2ccc(Oc3cccc4ccccc34)cc2)c2ccccc12. The van der Waals surface area contributed by atoms with Gasteiger partial charge < -0.3 is 10.5 Å². The highest BCUT2D eigenvalue weighted by molar-refractivity contribution is 6.01. The molecule has 2 nitrogen and oxygen atoms in total. The molecule has 0 unspecified atom stereocenters. The van der Waals surface area contributed by atoms with E-state index in [1.54, 1.807) is 6.20 Å². The van der Waals surface area contributed by atoms with Crippen LogP contribution in [0.2, 0.25) is 0 Å². The zero-order valence-electron chi connectivity index (χ0n) is 26.5. The molecule has 0 bridgehead atoms. The lowest BCUT2D eigenvalue weighted by Crippen LogP contribution is -2.23. The van der Waals surface area contributed by atoms with E-state index in [-0.39, 0.29) is 0 Å². The molecule has 0 aromatic heterocycles. The van der Waals surface area contributed by atoms with Crippen molar-refractivity contribution in [2.45, 2.75) is 0 Å². The molecule has 0 heterocycles. The fraction of sp³-hybridized carbons (Fsp3) is 0. The van der Waals surface area contributed by atoms with Crippen LogP contribution in [0.15, 0.2) is 176 Å². The number of hydrogen-bond donors (Lipinski definition) is 1. The Hall–Kier alpha value is -6.38. The monoisotopic (exact) mass is 617 g/mol. The number of rotatable bonds is 8. The van der Waals surface area contributed by atoms with E-state index in [1.807, 2.05) is 42.5 Å². The molecular formula is C46H35NO. The third kappa shape index (κ3) is 6.74. The van der Waals surface area contributed by atoms with Crippen molar-refractivity contribution in [1.29, 1.82) is 0 Å². The zero-order chi connectivity index (χ0) is 32.5. The van der Waals surface area contributed by atoms with Crippen LogP contribution >= 0.6 is 0 Å². The average molecular weight is 618 g/mol. The minimum atomic E-state index is 0.815. The normalized spacial score (nSPS) is 12.7. The summed E-state index contributed by atoms with van der Waals surface area (Å²) in [4.78, 5) is 0. The van der Waals surface area contributed by atoms with Gasteiger partial charge in [-0.15, -0.1) is 0 Å². The van der Waals surface area contributed by atoms with Gasteiger partial charge in [-0.3, -0.25) is 0 Å². The molecule has 7 rings (SSSR count). The van der Waals surface area contributed by atoms with Gasteiger partial charge in [0.2, 0.25) is 0 Å². The molecule has 230 valence electrons. The Morgan fingerprint density at radius 1 is 0.458 bits per heavy atom.